The summed E-state index contributed by atoms with van der Waals surface area (Å²) in [7, 11) is 3.26. The lowest BCUT2D eigenvalue weighted by Gasteiger charge is -2.08. The quantitative estimate of drug-likeness (QED) is 0.904. The highest BCUT2D eigenvalue weighted by Gasteiger charge is 2.10. The minimum atomic E-state index is 0.510. The van der Waals surface area contributed by atoms with E-state index in [9.17, 15) is 0 Å². The number of aromatic nitrogens is 1. The van der Waals surface area contributed by atoms with E-state index in [4.69, 9.17) is 15.2 Å². The number of hydrogen-bond donors (Lipinski definition) is 1. The maximum absolute atomic E-state index is 5.58. The van der Waals surface area contributed by atoms with Crippen LogP contribution in [0.25, 0.3) is 11.3 Å². The van der Waals surface area contributed by atoms with E-state index in [-0.39, 0.29) is 0 Å². The van der Waals surface area contributed by atoms with Crippen molar-refractivity contribution in [3.05, 3.63) is 29.1 Å². The van der Waals surface area contributed by atoms with Crippen molar-refractivity contribution in [2.75, 3.05) is 14.2 Å². The van der Waals surface area contributed by atoms with E-state index >= 15 is 0 Å². The largest absolute Gasteiger partial charge is 0.497 e. The SMILES string of the molecule is COc1ccc(-c2cc(CN)sn2)c(OC)c1. The molecule has 1 heterocycles. The molecule has 2 aromatic rings. The molecule has 0 aliphatic carbocycles. The van der Waals surface area contributed by atoms with Crippen LogP contribution in [0.5, 0.6) is 11.5 Å². The Bertz CT molecular complexity index is 511. The van der Waals surface area contributed by atoms with Crippen molar-refractivity contribution >= 4 is 11.5 Å². The standard InChI is InChI=1S/C12H14N2O2S/c1-15-8-3-4-10(12(5-8)16-2)11-6-9(7-13)17-14-11/h3-6H,7,13H2,1-2H3. The van der Waals surface area contributed by atoms with Gasteiger partial charge in [0.15, 0.2) is 0 Å². The molecule has 1 aromatic carbocycles. The molecule has 0 atom stereocenters. The van der Waals surface area contributed by atoms with Crippen LogP contribution in [-0.4, -0.2) is 18.6 Å². The molecule has 4 nitrogen and oxygen atoms in total. The van der Waals surface area contributed by atoms with Gasteiger partial charge in [0, 0.05) is 23.1 Å². The lowest BCUT2D eigenvalue weighted by molar-refractivity contribution is 0.395. The van der Waals surface area contributed by atoms with Gasteiger partial charge in [-0.1, -0.05) is 0 Å². The molecule has 17 heavy (non-hydrogen) atoms. The highest BCUT2D eigenvalue weighted by Crippen LogP contribution is 2.33. The van der Waals surface area contributed by atoms with Gasteiger partial charge in [0.1, 0.15) is 11.5 Å². The van der Waals surface area contributed by atoms with Crippen molar-refractivity contribution in [2.45, 2.75) is 6.54 Å². The van der Waals surface area contributed by atoms with Gasteiger partial charge in [0.25, 0.3) is 0 Å². The predicted octanol–water partition coefficient (Wildman–Crippen LogP) is 2.29. The topological polar surface area (TPSA) is 57.4 Å². The first-order valence-electron chi connectivity index (χ1n) is 5.16. The van der Waals surface area contributed by atoms with Crippen molar-refractivity contribution < 1.29 is 9.47 Å². The van der Waals surface area contributed by atoms with Crippen molar-refractivity contribution in [1.29, 1.82) is 0 Å². The second kappa shape index (κ2) is 5.16. The van der Waals surface area contributed by atoms with E-state index < -0.39 is 0 Å². The first-order valence-corrected chi connectivity index (χ1v) is 5.94. The smallest absolute Gasteiger partial charge is 0.131 e. The normalized spacial score (nSPS) is 10.3. The van der Waals surface area contributed by atoms with Gasteiger partial charge < -0.3 is 15.2 Å². The van der Waals surface area contributed by atoms with Crippen LogP contribution in [-0.2, 0) is 6.54 Å². The van der Waals surface area contributed by atoms with Crippen molar-refractivity contribution in [2.24, 2.45) is 5.73 Å². The predicted molar refractivity (Wildman–Crippen MR) is 68.5 cm³/mol. The summed E-state index contributed by atoms with van der Waals surface area (Å²) >= 11 is 1.41. The first kappa shape index (κ1) is 11.9. The third-order valence-electron chi connectivity index (χ3n) is 2.44. The molecule has 90 valence electrons. The third kappa shape index (κ3) is 2.40. The summed E-state index contributed by atoms with van der Waals surface area (Å²) in [5, 5.41) is 0. The fraction of sp³-hybridized carbons (Fsp3) is 0.250. The zero-order valence-corrected chi connectivity index (χ0v) is 10.6. The van der Waals surface area contributed by atoms with Crippen molar-refractivity contribution in [3.8, 4) is 22.8 Å². The zero-order valence-electron chi connectivity index (χ0n) is 9.77. The lowest BCUT2D eigenvalue weighted by atomic mass is 10.1. The molecule has 5 heteroatoms. The molecule has 0 bridgehead atoms. The summed E-state index contributed by atoms with van der Waals surface area (Å²) in [6.45, 7) is 0.510. The number of benzene rings is 1. The van der Waals surface area contributed by atoms with Crippen LogP contribution < -0.4 is 15.2 Å². The van der Waals surface area contributed by atoms with E-state index in [1.807, 2.05) is 24.3 Å². The van der Waals surface area contributed by atoms with Gasteiger partial charge in [-0.05, 0) is 29.7 Å². The van der Waals surface area contributed by atoms with Gasteiger partial charge in [-0.25, -0.2) is 0 Å². The summed E-state index contributed by atoms with van der Waals surface area (Å²) < 4.78 is 14.9. The molecule has 0 amide bonds. The Morgan fingerprint density at radius 3 is 2.65 bits per heavy atom. The minimum Gasteiger partial charge on any atom is -0.497 e. The van der Waals surface area contributed by atoms with Crippen LogP contribution >= 0.6 is 11.5 Å². The summed E-state index contributed by atoms with van der Waals surface area (Å²) in [5.74, 6) is 1.51. The molecule has 0 spiro atoms. The second-order valence-electron chi connectivity index (χ2n) is 3.45. The van der Waals surface area contributed by atoms with Crippen molar-refractivity contribution in [1.82, 2.24) is 4.37 Å². The average molecular weight is 250 g/mol. The Kier molecular flexibility index (Phi) is 3.61. The van der Waals surface area contributed by atoms with Gasteiger partial charge in [-0.2, -0.15) is 4.37 Å². The Balaban J connectivity index is 2.43. The summed E-state index contributed by atoms with van der Waals surface area (Å²) in [6.07, 6.45) is 0. The highest BCUT2D eigenvalue weighted by atomic mass is 32.1. The van der Waals surface area contributed by atoms with E-state index in [0.29, 0.717) is 6.54 Å². The fourth-order valence-corrected chi connectivity index (χ4v) is 2.15. The van der Waals surface area contributed by atoms with Crippen LogP contribution in [0.4, 0.5) is 0 Å². The summed E-state index contributed by atoms with van der Waals surface area (Å²) in [4.78, 5) is 1.05. The third-order valence-corrected chi connectivity index (χ3v) is 3.25. The molecule has 1 aromatic heterocycles. The van der Waals surface area contributed by atoms with Crippen molar-refractivity contribution in [3.63, 3.8) is 0 Å². The maximum atomic E-state index is 5.58. The Hall–Kier alpha value is -1.59. The molecule has 0 aliphatic rings. The summed E-state index contributed by atoms with van der Waals surface area (Å²) in [5.41, 5.74) is 7.41. The van der Waals surface area contributed by atoms with Gasteiger partial charge in [-0.3, -0.25) is 0 Å². The molecule has 2 rings (SSSR count). The highest BCUT2D eigenvalue weighted by molar-refractivity contribution is 7.06. The molecule has 0 radical (unpaired) electrons. The van der Waals surface area contributed by atoms with E-state index in [2.05, 4.69) is 4.37 Å². The molecular formula is C12H14N2O2S. The van der Waals surface area contributed by atoms with E-state index in [1.165, 1.54) is 11.5 Å². The Morgan fingerprint density at radius 2 is 2.06 bits per heavy atom. The van der Waals surface area contributed by atoms with E-state index in [0.717, 1.165) is 27.6 Å². The molecule has 2 N–H and O–H groups in total. The first-order chi connectivity index (χ1) is 8.28. The van der Waals surface area contributed by atoms with Gasteiger partial charge >= 0.3 is 0 Å². The average Bonchev–Trinajstić information content (AvgIpc) is 2.86. The molecule has 0 unspecified atom stereocenters. The van der Waals surface area contributed by atoms with Gasteiger partial charge in [0.2, 0.25) is 0 Å². The molecule has 0 aliphatic heterocycles. The van der Waals surface area contributed by atoms with Crippen LogP contribution in [0.1, 0.15) is 4.88 Å². The van der Waals surface area contributed by atoms with Crippen LogP contribution in [0, 0.1) is 0 Å². The van der Waals surface area contributed by atoms with Gasteiger partial charge in [0.05, 0.1) is 19.9 Å². The second-order valence-corrected chi connectivity index (χ2v) is 4.34. The summed E-state index contributed by atoms with van der Waals surface area (Å²) in [6, 6.07) is 7.65. The van der Waals surface area contributed by atoms with Crippen LogP contribution in [0.3, 0.4) is 0 Å². The molecule has 0 saturated heterocycles. The Labute approximate surface area is 104 Å². The molecule has 0 fully saturated rings. The Morgan fingerprint density at radius 1 is 1.24 bits per heavy atom. The molecule has 0 saturated carbocycles. The number of rotatable bonds is 4. The lowest BCUT2D eigenvalue weighted by Crippen LogP contribution is -1.92. The molecular weight excluding hydrogens is 236 g/mol. The monoisotopic (exact) mass is 250 g/mol. The van der Waals surface area contributed by atoms with Crippen LogP contribution in [0.15, 0.2) is 24.3 Å². The number of hydrogen-bond acceptors (Lipinski definition) is 5. The van der Waals surface area contributed by atoms with Gasteiger partial charge in [-0.15, -0.1) is 0 Å². The maximum Gasteiger partial charge on any atom is 0.131 e. The zero-order chi connectivity index (χ0) is 12.3. The van der Waals surface area contributed by atoms with E-state index in [1.54, 1.807) is 14.2 Å². The minimum absolute atomic E-state index is 0.510. The number of nitrogens with zero attached hydrogens (tertiary/aromatic N) is 1. The number of nitrogens with two attached hydrogens (primary N) is 1. The number of methoxy groups -OCH3 is 2. The van der Waals surface area contributed by atoms with Crippen LogP contribution in [0.2, 0.25) is 0 Å². The fourth-order valence-electron chi connectivity index (χ4n) is 1.55. The number of ether oxygens (including phenoxy) is 2.